The third-order valence-electron chi connectivity index (χ3n) is 5.81. The number of aliphatic hydroxyl groups excluding tert-OH is 1. The highest BCUT2D eigenvalue weighted by molar-refractivity contribution is 7.22. The summed E-state index contributed by atoms with van der Waals surface area (Å²) in [6.45, 7) is 4.60. The van der Waals surface area contributed by atoms with Crippen molar-refractivity contribution in [1.82, 2.24) is 9.97 Å². The first-order valence-electron chi connectivity index (χ1n) is 11.3. The van der Waals surface area contributed by atoms with E-state index in [4.69, 9.17) is 4.74 Å². The lowest BCUT2D eigenvalue weighted by molar-refractivity contribution is -0.132. The van der Waals surface area contributed by atoms with Crippen molar-refractivity contribution in [3.63, 3.8) is 0 Å². The fourth-order valence-electron chi connectivity index (χ4n) is 4.10. The number of ether oxygens (including phenoxy) is 1. The molecule has 1 unspecified atom stereocenters. The highest BCUT2D eigenvalue weighted by atomic mass is 32.1. The third-order valence-corrected chi connectivity index (χ3v) is 6.82. The lowest BCUT2D eigenvalue weighted by Gasteiger charge is -2.23. The number of carbonyl (C=O) groups excluding carboxylic acids is 2. The van der Waals surface area contributed by atoms with Gasteiger partial charge in [-0.05, 0) is 60.9 Å². The zero-order valence-corrected chi connectivity index (χ0v) is 20.1. The van der Waals surface area contributed by atoms with Gasteiger partial charge in [-0.2, -0.15) is 0 Å². The normalized spacial score (nSPS) is 17.3. The first-order chi connectivity index (χ1) is 17.0. The van der Waals surface area contributed by atoms with Gasteiger partial charge in [0.15, 0.2) is 5.13 Å². The number of hydrogen-bond donors (Lipinski definition) is 1. The maximum Gasteiger partial charge on any atom is 0.301 e. The number of amides is 1. The van der Waals surface area contributed by atoms with E-state index in [0.717, 1.165) is 22.2 Å². The largest absolute Gasteiger partial charge is 0.507 e. The van der Waals surface area contributed by atoms with Crippen molar-refractivity contribution in [2.24, 2.45) is 0 Å². The average Bonchev–Trinajstić information content (AvgIpc) is 3.40. The van der Waals surface area contributed by atoms with Gasteiger partial charge in [0, 0.05) is 18.0 Å². The number of hydrogen-bond acceptors (Lipinski definition) is 7. The van der Waals surface area contributed by atoms with E-state index >= 15 is 0 Å². The maximum atomic E-state index is 13.3. The summed E-state index contributed by atoms with van der Waals surface area (Å²) in [4.78, 5) is 36.7. The number of ketones is 1. The van der Waals surface area contributed by atoms with Crippen molar-refractivity contribution in [3.8, 4) is 5.75 Å². The van der Waals surface area contributed by atoms with Gasteiger partial charge >= 0.3 is 5.91 Å². The molecule has 1 aliphatic heterocycles. The van der Waals surface area contributed by atoms with Crippen LogP contribution < -0.4 is 9.64 Å². The quantitative estimate of drug-likeness (QED) is 0.223. The number of carbonyl (C=O) groups is 2. The van der Waals surface area contributed by atoms with E-state index in [9.17, 15) is 14.7 Å². The van der Waals surface area contributed by atoms with Crippen LogP contribution in [0.1, 0.15) is 36.1 Å². The van der Waals surface area contributed by atoms with Gasteiger partial charge in [0.1, 0.15) is 11.5 Å². The minimum Gasteiger partial charge on any atom is -0.507 e. The van der Waals surface area contributed by atoms with Gasteiger partial charge in [-0.1, -0.05) is 36.5 Å². The van der Waals surface area contributed by atoms with Gasteiger partial charge in [-0.3, -0.25) is 19.5 Å². The summed E-state index contributed by atoms with van der Waals surface area (Å²) in [7, 11) is 0. The smallest absolute Gasteiger partial charge is 0.301 e. The summed E-state index contributed by atoms with van der Waals surface area (Å²) in [6, 6.07) is 15.4. The lowest BCUT2D eigenvalue weighted by Crippen LogP contribution is -2.29. The van der Waals surface area contributed by atoms with Crippen molar-refractivity contribution in [1.29, 1.82) is 0 Å². The maximum absolute atomic E-state index is 13.3. The Bertz CT molecular complexity index is 1440. The zero-order valence-electron chi connectivity index (χ0n) is 19.3. The molecule has 2 aromatic heterocycles. The van der Waals surface area contributed by atoms with Crippen molar-refractivity contribution in [2.45, 2.75) is 26.3 Å². The first-order valence-corrected chi connectivity index (χ1v) is 12.1. The van der Waals surface area contributed by atoms with Gasteiger partial charge in [0.05, 0.1) is 28.4 Å². The molecule has 1 atom stereocenters. The number of thiazole rings is 1. The van der Waals surface area contributed by atoms with Crippen LogP contribution in [-0.4, -0.2) is 33.4 Å². The second-order valence-corrected chi connectivity index (χ2v) is 9.30. The van der Waals surface area contributed by atoms with E-state index in [-0.39, 0.29) is 11.3 Å². The number of anilines is 1. The number of fused-ring (bicyclic) bond motifs is 1. The molecule has 176 valence electrons. The Kier molecular flexibility index (Phi) is 6.05. The molecular weight excluding hydrogens is 462 g/mol. The van der Waals surface area contributed by atoms with Crippen LogP contribution in [0.3, 0.4) is 0 Å². The summed E-state index contributed by atoms with van der Waals surface area (Å²) in [5, 5.41) is 11.6. The van der Waals surface area contributed by atoms with Crippen LogP contribution in [0.2, 0.25) is 0 Å². The number of Topliss-reactive ketones (excluding diaryl/α,β-unsaturated/α-hetero) is 1. The van der Waals surface area contributed by atoms with Crippen molar-refractivity contribution in [2.75, 3.05) is 11.5 Å². The molecule has 1 fully saturated rings. The first kappa shape index (κ1) is 22.7. The zero-order chi connectivity index (χ0) is 24.5. The number of aromatic nitrogens is 2. The molecule has 1 amide bonds. The van der Waals surface area contributed by atoms with Crippen LogP contribution in [0.15, 0.2) is 72.6 Å². The molecule has 7 nitrogen and oxygen atoms in total. The predicted molar refractivity (Wildman–Crippen MR) is 136 cm³/mol. The van der Waals surface area contributed by atoms with E-state index in [2.05, 4.69) is 9.97 Å². The van der Waals surface area contributed by atoms with Gasteiger partial charge in [-0.15, -0.1) is 0 Å². The van der Waals surface area contributed by atoms with Crippen molar-refractivity contribution in [3.05, 3.63) is 89.3 Å². The molecule has 1 N–H and O–H groups in total. The molecule has 1 saturated heterocycles. The molecule has 0 bridgehead atoms. The minimum absolute atomic E-state index is 0.0128. The molecule has 5 rings (SSSR count). The molecular formula is C27H23N3O4S. The Morgan fingerprint density at radius 3 is 2.54 bits per heavy atom. The molecule has 1 aliphatic rings. The van der Waals surface area contributed by atoms with E-state index in [1.54, 1.807) is 24.3 Å². The number of benzene rings is 2. The Hall–Kier alpha value is -4.04. The van der Waals surface area contributed by atoms with Crippen molar-refractivity contribution >= 4 is 44.1 Å². The Morgan fingerprint density at radius 1 is 1.09 bits per heavy atom. The van der Waals surface area contributed by atoms with Gasteiger partial charge in [-0.25, -0.2) is 4.98 Å². The Morgan fingerprint density at radius 2 is 1.83 bits per heavy atom. The molecule has 0 spiro atoms. The summed E-state index contributed by atoms with van der Waals surface area (Å²) in [5.74, 6) is -1.04. The second-order valence-electron chi connectivity index (χ2n) is 8.29. The molecule has 3 heterocycles. The topological polar surface area (TPSA) is 92.6 Å². The van der Waals surface area contributed by atoms with E-state index in [0.29, 0.717) is 28.6 Å². The van der Waals surface area contributed by atoms with Crippen LogP contribution in [-0.2, 0) is 9.59 Å². The van der Waals surface area contributed by atoms with Crippen LogP contribution in [0.5, 0.6) is 5.75 Å². The molecule has 0 saturated carbocycles. The predicted octanol–water partition coefficient (Wildman–Crippen LogP) is 5.41. The van der Waals surface area contributed by atoms with Crippen LogP contribution in [0.4, 0.5) is 5.13 Å². The summed E-state index contributed by atoms with van der Waals surface area (Å²) >= 11 is 1.34. The molecule has 8 heteroatoms. The van der Waals surface area contributed by atoms with Crippen LogP contribution >= 0.6 is 11.3 Å². The van der Waals surface area contributed by atoms with Gasteiger partial charge in [0.25, 0.3) is 5.78 Å². The summed E-state index contributed by atoms with van der Waals surface area (Å²) in [6.07, 6.45) is 3.93. The monoisotopic (exact) mass is 485 g/mol. The third kappa shape index (κ3) is 4.17. The second kappa shape index (κ2) is 9.31. The Balaban J connectivity index is 1.67. The van der Waals surface area contributed by atoms with E-state index in [1.807, 2.05) is 44.2 Å². The summed E-state index contributed by atoms with van der Waals surface area (Å²) < 4.78 is 6.61. The van der Waals surface area contributed by atoms with Gasteiger partial charge < -0.3 is 9.84 Å². The number of nitrogens with zero attached hydrogens (tertiary/aromatic N) is 3. The number of pyridine rings is 1. The molecule has 0 radical (unpaired) electrons. The highest BCUT2D eigenvalue weighted by Crippen LogP contribution is 2.44. The highest BCUT2D eigenvalue weighted by Gasteiger charge is 2.48. The Labute approximate surface area is 206 Å². The SMILES string of the molecule is CCCOc1ccc(C2/C(=C(\O)c3ccncc3)C(=O)C(=O)N2c2nc3ccc(C)cc3s2)cc1. The van der Waals surface area contributed by atoms with Crippen LogP contribution in [0, 0.1) is 6.92 Å². The van der Waals surface area contributed by atoms with Gasteiger partial charge in [0.2, 0.25) is 0 Å². The number of rotatable bonds is 6. The number of aryl methyl sites for hydroxylation is 1. The molecule has 0 aliphatic carbocycles. The molecule has 2 aromatic carbocycles. The lowest BCUT2D eigenvalue weighted by atomic mass is 9.95. The fraction of sp³-hybridized carbons (Fsp3) is 0.185. The molecule has 4 aromatic rings. The standard InChI is InChI=1S/C27H23N3O4S/c1-3-14-34-19-7-5-17(6-8-19)23-22(24(31)18-10-12-28-13-11-18)25(32)26(33)30(23)27-29-20-9-4-16(2)15-21(20)35-27/h4-13,15,23,31H,3,14H2,1-2H3/b24-22+. The molecule has 35 heavy (non-hydrogen) atoms. The minimum atomic E-state index is -0.843. The average molecular weight is 486 g/mol. The number of aliphatic hydroxyl groups is 1. The van der Waals surface area contributed by atoms with Crippen LogP contribution in [0.25, 0.3) is 16.0 Å². The summed E-state index contributed by atoms with van der Waals surface area (Å²) in [5.41, 5.74) is 2.91. The fourth-order valence-corrected chi connectivity index (χ4v) is 5.19. The van der Waals surface area contributed by atoms with E-state index in [1.165, 1.54) is 28.6 Å². The van der Waals surface area contributed by atoms with Crippen molar-refractivity contribution < 1.29 is 19.4 Å². The van der Waals surface area contributed by atoms with E-state index < -0.39 is 17.7 Å².